The molecule has 3 atom stereocenters. The van der Waals surface area contributed by atoms with Gasteiger partial charge in [-0.15, -0.1) is 0 Å². The van der Waals surface area contributed by atoms with Gasteiger partial charge in [-0.3, -0.25) is 34.1 Å². The topological polar surface area (TPSA) is 329 Å². The summed E-state index contributed by atoms with van der Waals surface area (Å²) in [4.78, 5) is 115. The molecule has 2 aliphatic rings. The fourth-order valence-electron chi connectivity index (χ4n) is 5.00. The van der Waals surface area contributed by atoms with E-state index in [0.29, 0.717) is 5.56 Å². The van der Waals surface area contributed by atoms with E-state index in [9.17, 15) is 48.5 Å². The number of anilines is 1. The third kappa shape index (κ3) is 10.6. The average Bonchev–Trinajstić information content (AvgIpc) is 3.36. The lowest BCUT2D eigenvalue weighted by Crippen LogP contribution is -2.53. The molecule has 0 saturated carbocycles. The number of carbonyl (C=O) groups is 8. The SMILES string of the molecule is COC(=O)C(CCCN=C(N)N[N+](=O)[O-])NC(=O)CNC(=O)C(CC(N)=O)NC(=O)Nc1cccc2c1C(=O)N(C1CCC(=O)NC1=O)C2. The first-order valence-electron chi connectivity index (χ1n) is 14.7. The van der Waals surface area contributed by atoms with Gasteiger partial charge >= 0.3 is 12.0 Å². The maximum Gasteiger partial charge on any atom is 0.328 e. The molecule has 2 aliphatic heterocycles. The number of nitrogens with one attached hydrogen (secondary N) is 6. The first-order chi connectivity index (χ1) is 23.2. The summed E-state index contributed by atoms with van der Waals surface area (Å²) in [6, 6.07) is -0.0377. The van der Waals surface area contributed by atoms with Crippen molar-refractivity contribution >= 4 is 59.1 Å². The van der Waals surface area contributed by atoms with E-state index in [4.69, 9.17) is 11.5 Å². The molecule has 3 rings (SSSR count). The number of primary amides is 1. The molecule has 0 spiro atoms. The minimum absolute atomic E-state index is 0.00932. The number of hydrogen-bond donors (Lipinski definition) is 8. The van der Waals surface area contributed by atoms with Gasteiger partial charge in [0.1, 0.15) is 18.1 Å². The van der Waals surface area contributed by atoms with Crippen molar-refractivity contribution in [2.45, 2.75) is 56.8 Å². The van der Waals surface area contributed by atoms with Gasteiger partial charge in [0, 0.05) is 19.5 Å². The largest absolute Gasteiger partial charge is 0.467 e. The number of guanidine groups is 1. The molecule has 0 bridgehead atoms. The molecular formula is C27H35N11O11. The minimum Gasteiger partial charge on any atom is -0.467 e. The normalized spacial score (nSPS) is 16.8. The molecule has 0 aromatic heterocycles. The lowest BCUT2D eigenvalue weighted by atomic mass is 10.0. The highest BCUT2D eigenvalue weighted by molar-refractivity contribution is 6.10. The van der Waals surface area contributed by atoms with Gasteiger partial charge in [0.15, 0.2) is 5.03 Å². The molecule has 0 aliphatic carbocycles. The minimum atomic E-state index is -1.56. The number of esters is 1. The van der Waals surface area contributed by atoms with Crippen LogP contribution >= 0.6 is 0 Å². The molecule has 22 heteroatoms. The van der Waals surface area contributed by atoms with Crippen molar-refractivity contribution in [1.29, 1.82) is 0 Å². The van der Waals surface area contributed by atoms with Crippen LogP contribution in [0.2, 0.25) is 0 Å². The Hall–Kier alpha value is -6.35. The number of methoxy groups -OCH3 is 1. The van der Waals surface area contributed by atoms with Crippen LogP contribution in [0.4, 0.5) is 10.5 Å². The number of fused-ring (bicyclic) bond motifs is 1. The number of nitrogens with two attached hydrogens (primary N) is 2. The molecule has 1 saturated heterocycles. The molecule has 1 fully saturated rings. The summed E-state index contributed by atoms with van der Waals surface area (Å²) in [5, 5.41) is 21.0. The first kappa shape index (κ1) is 37.1. The number of nitro groups is 1. The number of hydrogen-bond acceptors (Lipinski definition) is 12. The number of hydrazine groups is 1. The monoisotopic (exact) mass is 689 g/mol. The van der Waals surface area contributed by atoms with Gasteiger partial charge in [-0.25, -0.2) is 24.7 Å². The summed E-state index contributed by atoms with van der Waals surface area (Å²) >= 11 is 0. The second kappa shape index (κ2) is 17.0. The van der Waals surface area contributed by atoms with Gasteiger partial charge in [-0.2, -0.15) is 0 Å². The molecule has 8 amide bonds. The highest BCUT2D eigenvalue weighted by atomic mass is 16.7. The van der Waals surface area contributed by atoms with Crippen molar-refractivity contribution in [3.8, 4) is 0 Å². The second-order valence-electron chi connectivity index (χ2n) is 10.7. The van der Waals surface area contributed by atoms with E-state index < -0.39 is 89.5 Å². The lowest BCUT2D eigenvalue weighted by molar-refractivity contribution is -0.525. The van der Waals surface area contributed by atoms with Crippen molar-refractivity contribution in [2.75, 3.05) is 25.5 Å². The first-order valence-corrected chi connectivity index (χ1v) is 14.7. The third-order valence-corrected chi connectivity index (χ3v) is 7.21. The number of amides is 8. The Kier molecular flexibility index (Phi) is 12.9. The second-order valence-corrected chi connectivity index (χ2v) is 10.7. The van der Waals surface area contributed by atoms with Crippen LogP contribution in [0.5, 0.6) is 0 Å². The van der Waals surface area contributed by atoms with Gasteiger partial charge < -0.3 is 42.4 Å². The average molecular weight is 690 g/mol. The molecule has 1 aromatic carbocycles. The van der Waals surface area contributed by atoms with E-state index in [0.717, 1.165) is 7.11 Å². The van der Waals surface area contributed by atoms with E-state index >= 15 is 0 Å². The Morgan fingerprint density at radius 2 is 1.88 bits per heavy atom. The van der Waals surface area contributed by atoms with Crippen molar-refractivity contribution < 1.29 is 48.1 Å². The Bertz CT molecular complexity index is 1560. The van der Waals surface area contributed by atoms with Crippen LogP contribution in [0.1, 0.15) is 48.0 Å². The zero-order valence-electron chi connectivity index (χ0n) is 26.1. The highest BCUT2D eigenvalue weighted by Gasteiger charge is 2.40. The van der Waals surface area contributed by atoms with Gasteiger partial charge in [0.2, 0.25) is 29.5 Å². The summed E-state index contributed by atoms with van der Waals surface area (Å²) < 4.78 is 4.66. The molecule has 0 radical (unpaired) electrons. The molecule has 22 nitrogen and oxygen atoms in total. The number of ether oxygens (including phenoxy) is 1. The van der Waals surface area contributed by atoms with Crippen LogP contribution < -0.4 is 43.5 Å². The molecule has 49 heavy (non-hydrogen) atoms. The predicted molar refractivity (Wildman–Crippen MR) is 165 cm³/mol. The Morgan fingerprint density at radius 1 is 1.14 bits per heavy atom. The Morgan fingerprint density at radius 3 is 2.53 bits per heavy atom. The highest BCUT2D eigenvalue weighted by Crippen LogP contribution is 2.32. The maximum atomic E-state index is 13.3. The summed E-state index contributed by atoms with van der Waals surface area (Å²) in [6.45, 7) is -0.680. The van der Waals surface area contributed by atoms with Crippen LogP contribution in [0.3, 0.4) is 0 Å². The standard InChI is InChI=1S/C27H35N11O11/c1-49-25(45)15(6-3-9-30-26(29)36-38(47)48)32-20(41)11-31-22(42)16(10-18(28)39)34-27(46)33-14-5-2-4-13-12-37(24(44)21(13)14)17-7-8-19(40)35-23(17)43/h2,4-5,15-17H,3,6-12H2,1H3,(H2,28,39)(H,31,42)(H,32,41)(H3,29,30,36)(H2,33,34,46)(H,35,40,43). The summed E-state index contributed by atoms with van der Waals surface area (Å²) in [6.07, 6.45) is -0.340. The Balaban J connectivity index is 1.58. The summed E-state index contributed by atoms with van der Waals surface area (Å²) in [7, 11) is 1.08. The zero-order valence-corrected chi connectivity index (χ0v) is 26.1. The van der Waals surface area contributed by atoms with Crippen LogP contribution in [-0.4, -0.2) is 102 Å². The number of imide groups is 1. The van der Waals surface area contributed by atoms with Crippen LogP contribution in [0.25, 0.3) is 0 Å². The molecule has 3 unspecified atom stereocenters. The van der Waals surface area contributed by atoms with E-state index in [-0.39, 0.29) is 50.0 Å². The molecule has 2 heterocycles. The van der Waals surface area contributed by atoms with E-state index in [2.05, 4.69) is 36.3 Å². The summed E-state index contributed by atoms with van der Waals surface area (Å²) in [5.41, 5.74) is 12.9. The quantitative estimate of drug-likeness (QED) is 0.0168. The fourth-order valence-corrected chi connectivity index (χ4v) is 5.00. The molecule has 10 N–H and O–H groups in total. The van der Waals surface area contributed by atoms with E-state index in [1.165, 1.54) is 11.0 Å². The number of rotatable bonds is 15. The van der Waals surface area contributed by atoms with Crippen molar-refractivity contribution in [3.05, 3.63) is 39.4 Å². The van der Waals surface area contributed by atoms with Crippen LogP contribution in [-0.2, 0) is 40.0 Å². The van der Waals surface area contributed by atoms with Gasteiger partial charge in [-0.1, -0.05) is 17.6 Å². The number of piperidine rings is 1. The fraction of sp³-hybridized carbons (Fsp3) is 0.444. The zero-order chi connectivity index (χ0) is 36.2. The van der Waals surface area contributed by atoms with Crippen LogP contribution in [0.15, 0.2) is 23.2 Å². The van der Waals surface area contributed by atoms with Gasteiger partial charge in [0.05, 0.1) is 31.3 Å². The smallest absolute Gasteiger partial charge is 0.328 e. The number of aliphatic imine (C=N–C) groups is 1. The number of urea groups is 1. The maximum absolute atomic E-state index is 13.3. The number of carbonyl (C=O) groups excluding carboxylic acids is 8. The van der Waals surface area contributed by atoms with Crippen molar-refractivity contribution in [2.24, 2.45) is 16.5 Å². The number of benzene rings is 1. The summed E-state index contributed by atoms with van der Waals surface area (Å²) in [5.74, 6) is -5.70. The van der Waals surface area contributed by atoms with E-state index in [1.807, 2.05) is 0 Å². The van der Waals surface area contributed by atoms with E-state index in [1.54, 1.807) is 17.6 Å². The number of nitrogens with zero attached hydrogens (tertiary/aromatic N) is 3. The van der Waals surface area contributed by atoms with Crippen molar-refractivity contribution in [3.63, 3.8) is 0 Å². The lowest BCUT2D eigenvalue weighted by Gasteiger charge is -2.29. The van der Waals surface area contributed by atoms with Gasteiger partial charge in [0.25, 0.3) is 11.9 Å². The van der Waals surface area contributed by atoms with Gasteiger partial charge in [-0.05, 0) is 30.9 Å². The predicted octanol–water partition coefficient (Wildman–Crippen LogP) is -3.54. The van der Waals surface area contributed by atoms with Crippen molar-refractivity contribution in [1.82, 2.24) is 31.6 Å². The third-order valence-electron chi connectivity index (χ3n) is 7.21. The molecular weight excluding hydrogens is 654 g/mol. The Labute approximate surface area is 277 Å². The molecule has 1 aromatic rings. The molecule has 264 valence electrons. The van der Waals surface area contributed by atoms with Crippen LogP contribution in [0, 0.1) is 10.1 Å².